The van der Waals surface area contributed by atoms with Gasteiger partial charge < -0.3 is 5.32 Å². The van der Waals surface area contributed by atoms with Gasteiger partial charge in [0.05, 0.1) is 4.92 Å². The first-order valence-corrected chi connectivity index (χ1v) is 5.60. The third-order valence-electron chi connectivity index (χ3n) is 2.42. The lowest BCUT2D eigenvalue weighted by atomic mass is 10.2. The molecule has 0 spiro atoms. The van der Waals surface area contributed by atoms with Crippen molar-refractivity contribution in [1.29, 1.82) is 0 Å². The quantitative estimate of drug-likeness (QED) is 0.682. The normalized spacial score (nSPS) is 10.3. The van der Waals surface area contributed by atoms with Crippen molar-refractivity contribution in [2.75, 3.05) is 5.32 Å². The summed E-state index contributed by atoms with van der Waals surface area (Å²) in [5, 5.41) is 18.4. The topological polar surface area (TPSA) is 73.0 Å². The number of benzene rings is 1. The summed E-state index contributed by atoms with van der Waals surface area (Å²) in [5.41, 5.74) is 0.570. The van der Waals surface area contributed by atoms with Crippen LogP contribution in [-0.2, 0) is 13.6 Å². The van der Waals surface area contributed by atoms with Crippen LogP contribution < -0.4 is 5.32 Å². The summed E-state index contributed by atoms with van der Waals surface area (Å²) in [6.07, 6.45) is 1.79. The minimum absolute atomic E-state index is 0.00549. The molecule has 94 valence electrons. The van der Waals surface area contributed by atoms with Crippen molar-refractivity contribution in [2.24, 2.45) is 7.05 Å². The van der Waals surface area contributed by atoms with Crippen LogP contribution in [0.5, 0.6) is 0 Å². The maximum absolute atomic E-state index is 10.9. The largest absolute Gasteiger partial charge is 0.364 e. The van der Waals surface area contributed by atoms with Crippen LogP contribution in [-0.4, -0.2) is 14.7 Å². The third-order valence-corrected chi connectivity index (χ3v) is 2.65. The predicted molar refractivity (Wildman–Crippen MR) is 68.6 cm³/mol. The third kappa shape index (κ3) is 2.78. The van der Waals surface area contributed by atoms with Crippen LogP contribution in [0.3, 0.4) is 0 Å². The number of hydrogen-bond acceptors (Lipinski definition) is 4. The minimum atomic E-state index is -0.443. The van der Waals surface area contributed by atoms with Gasteiger partial charge in [-0.3, -0.25) is 14.8 Å². The Labute approximate surface area is 108 Å². The van der Waals surface area contributed by atoms with E-state index in [4.69, 9.17) is 11.6 Å². The molecule has 0 aliphatic rings. The molecule has 0 saturated carbocycles. The summed E-state index contributed by atoms with van der Waals surface area (Å²) >= 11 is 5.74. The molecule has 0 saturated heterocycles. The second kappa shape index (κ2) is 5.05. The highest BCUT2D eigenvalue weighted by molar-refractivity contribution is 6.30. The first-order chi connectivity index (χ1) is 8.56. The molecule has 2 aromatic rings. The Balaban J connectivity index is 2.16. The molecule has 1 N–H and O–H groups in total. The lowest BCUT2D eigenvalue weighted by molar-refractivity contribution is -0.385. The zero-order chi connectivity index (χ0) is 13.1. The molecular weight excluding hydrogens is 256 g/mol. The Hall–Kier alpha value is -2.08. The van der Waals surface area contributed by atoms with Gasteiger partial charge in [-0.1, -0.05) is 11.6 Å². The second-order valence-electron chi connectivity index (χ2n) is 3.76. The first kappa shape index (κ1) is 12.4. The fourth-order valence-electron chi connectivity index (χ4n) is 1.55. The molecule has 6 nitrogen and oxygen atoms in total. The van der Waals surface area contributed by atoms with Gasteiger partial charge in [0, 0.05) is 42.5 Å². The monoisotopic (exact) mass is 266 g/mol. The van der Waals surface area contributed by atoms with Gasteiger partial charge in [-0.05, 0) is 12.1 Å². The van der Waals surface area contributed by atoms with Gasteiger partial charge in [-0.25, -0.2) is 0 Å². The molecule has 0 aliphatic heterocycles. The number of nitrogens with one attached hydrogen (secondary N) is 1. The number of aromatic nitrogens is 2. The SMILES string of the molecule is Cn1ccc(NCc2ccc(Cl)cc2[N+](=O)[O-])n1. The predicted octanol–water partition coefficient (Wildman–Crippen LogP) is 2.59. The van der Waals surface area contributed by atoms with E-state index in [0.717, 1.165) is 0 Å². The number of anilines is 1. The number of nitrogens with zero attached hydrogens (tertiary/aromatic N) is 3. The second-order valence-corrected chi connectivity index (χ2v) is 4.19. The van der Waals surface area contributed by atoms with Crippen LogP contribution in [0.25, 0.3) is 0 Å². The molecule has 0 amide bonds. The summed E-state index contributed by atoms with van der Waals surface area (Å²) in [5.74, 6) is 0.668. The van der Waals surface area contributed by atoms with Gasteiger partial charge in [-0.15, -0.1) is 0 Å². The van der Waals surface area contributed by atoms with E-state index >= 15 is 0 Å². The summed E-state index contributed by atoms with van der Waals surface area (Å²) < 4.78 is 1.65. The van der Waals surface area contributed by atoms with E-state index in [0.29, 0.717) is 22.9 Å². The van der Waals surface area contributed by atoms with Crippen LogP contribution in [0.2, 0.25) is 5.02 Å². The van der Waals surface area contributed by atoms with E-state index < -0.39 is 4.92 Å². The number of rotatable bonds is 4. The zero-order valence-electron chi connectivity index (χ0n) is 9.63. The summed E-state index contributed by atoms with van der Waals surface area (Å²) in [4.78, 5) is 10.4. The fraction of sp³-hybridized carbons (Fsp3) is 0.182. The molecule has 0 bridgehead atoms. The van der Waals surface area contributed by atoms with Gasteiger partial charge >= 0.3 is 0 Å². The van der Waals surface area contributed by atoms with Gasteiger partial charge in [-0.2, -0.15) is 5.10 Å². The molecule has 1 aromatic carbocycles. The number of nitro groups is 1. The molecule has 0 aliphatic carbocycles. The lowest BCUT2D eigenvalue weighted by Crippen LogP contribution is -2.04. The van der Waals surface area contributed by atoms with E-state index in [9.17, 15) is 10.1 Å². The van der Waals surface area contributed by atoms with Gasteiger partial charge in [0.25, 0.3) is 5.69 Å². The summed E-state index contributed by atoms with van der Waals surface area (Å²) in [6.45, 7) is 0.324. The van der Waals surface area contributed by atoms with E-state index in [2.05, 4.69) is 10.4 Å². The molecule has 7 heteroatoms. The van der Waals surface area contributed by atoms with Crippen molar-refractivity contribution >= 4 is 23.1 Å². The Morgan fingerprint density at radius 1 is 1.50 bits per heavy atom. The highest BCUT2D eigenvalue weighted by Crippen LogP contribution is 2.23. The summed E-state index contributed by atoms with van der Waals surface area (Å²) in [7, 11) is 1.80. The van der Waals surface area contributed by atoms with Crippen molar-refractivity contribution in [1.82, 2.24) is 9.78 Å². The number of hydrogen-bond donors (Lipinski definition) is 1. The fourth-order valence-corrected chi connectivity index (χ4v) is 1.72. The van der Waals surface area contributed by atoms with E-state index in [1.54, 1.807) is 36.1 Å². The molecule has 0 atom stereocenters. The first-order valence-electron chi connectivity index (χ1n) is 5.22. The molecule has 0 unspecified atom stereocenters. The number of nitro benzene ring substituents is 1. The molecule has 0 radical (unpaired) electrons. The van der Waals surface area contributed by atoms with Gasteiger partial charge in [0.1, 0.15) is 5.82 Å². The highest BCUT2D eigenvalue weighted by atomic mass is 35.5. The molecular formula is C11H11ClN4O2. The standard InChI is InChI=1S/C11H11ClN4O2/c1-15-5-4-11(14-15)13-7-8-2-3-9(12)6-10(8)16(17)18/h2-6H,7H2,1H3,(H,13,14). The Bertz CT molecular complexity index is 582. The molecule has 18 heavy (non-hydrogen) atoms. The maximum Gasteiger partial charge on any atom is 0.275 e. The average molecular weight is 267 g/mol. The van der Waals surface area contributed by atoms with Crippen molar-refractivity contribution in [3.63, 3.8) is 0 Å². The maximum atomic E-state index is 10.9. The summed E-state index contributed by atoms with van der Waals surface area (Å²) in [6, 6.07) is 6.40. The van der Waals surface area contributed by atoms with Crippen molar-refractivity contribution in [3.8, 4) is 0 Å². The smallest absolute Gasteiger partial charge is 0.275 e. The van der Waals surface area contributed by atoms with Crippen LogP contribution >= 0.6 is 11.6 Å². The highest BCUT2D eigenvalue weighted by Gasteiger charge is 2.14. The minimum Gasteiger partial charge on any atom is -0.364 e. The van der Waals surface area contributed by atoms with E-state index in [1.165, 1.54) is 6.07 Å². The molecule has 0 fully saturated rings. The molecule has 2 rings (SSSR count). The van der Waals surface area contributed by atoms with Crippen LogP contribution in [0.1, 0.15) is 5.56 Å². The van der Waals surface area contributed by atoms with Crippen molar-refractivity contribution in [3.05, 3.63) is 51.2 Å². The number of aryl methyl sites for hydroxylation is 1. The Kier molecular flexibility index (Phi) is 3.47. The van der Waals surface area contributed by atoms with Gasteiger partial charge in [0.15, 0.2) is 0 Å². The van der Waals surface area contributed by atoms with Crippen LogP contribution in [0.4, 0.5) is 11.5 Å². The molecule has 1 heterocycles. The van der Waals surface area contributed by atoms with E-state index in [1.807, 2.05) is 0 Å². The molecule has 1 aromatic heterocycles. The lowest BCUT2D eigenvalue weighted by Gasteiger charge is -2.04. The zero-order valence-corrected chi connectivity index (χ0v) is 10.4. The van der Waals surface area contributed by atoms with Crippen LogP contribution in [0, 0.1) is 10.1 Å². The van der Waals surface area contributed by atoms with E-state index in [-0.39, 0.29) is 5.69 Å². The average Bonchev–Trinajstić information content (AvgIpc) is 2.73. The Morgan fingerprint density at radius 3 is 2.89 bits per heavy atom. The van der Waals surface area contributed by atoms with Crippen molar-refractivity contribution < 1.29 is 4.92 Å². The Morgan fingerprint density at radius 2 is 2.28 bits per heavy atom. The van der Waals surface area contributed by atoms with Crippen LogP contribution in [0.15, 0.2) is 30.5 Å². The van der Waals surface area contributed by atoms with Gasteiger partial charge in [0.2, 0.25) is 0 Å². The van der Waals surface area contributed by atoms with Crippen molar-refractivity contribution in [2.45, 2.75) is 6.54 Å². The number of halogens is 1.